The topological polar surface area (TPSA) is 49.9 Å². The van der Waals surface area contributed by atoms with E-state index in [1.807, 2.05) is 36.1 Å². The maximum absolute atomic E-state index is 13.3. The molecule has 0 aromatic heterocycles. The van der Waals surface area contributed by atoms with Crippen LogP contribution in [0.5, 0.6) is 5.75 Å². The molecule has 0 unspecified atom stereocenters. The number of carbonyl (C=O) groups excluding carboxylic acids is 2. The Hall–Kier alpha value is -2.04. The molecule has 1 heterocycles. The molecule has 1 aliphatic heterocycles. The maximum Gasteiger partial charge on any atom is 0.257 e. The van der Waals surface area contributed by atoms with Crippen molar-refractivity contribution in [1.82, 2.24) is 9.80 Å². The predicted molar refractivity (Wildman–Crippen MR) is 124 cm³/mol. The van der Waals surface area contributed by atoms with Crippen LogP contribution in [0.15, 0.2) is 24.3 Å². The van der Waals surface area contributed by atoms with E-state index in [0.717, 1.165) is 58.0 Å². The van der Waals surface area contributed by atoms with Crippen LogP contribution in [0.3, 0.4) is 0 Å². The Bertz CT molecular complexity index is 729. The molecular weight excluding hydrogens is 388 g/mol. The van der Waals surface area contributed by atoms with Crippen LogP contribution in [0.2, 0.25) is 0 Å². The number of carbonyl (C=O) groups is 2. The summed E-state index contributed by atoms with van der Waals surface area (Å²) in [6.07, 6.45) is 8.31. The van der Waals surface area contributed by atoms with Crippen LogP contribution < -0.4 is 4.74 Å². The summed E-state index contributed by atoms with van der Waals surface area (Å²) in [7, 11) is 0. The zero-order valence-electron chi connectivity index (χ0n) is 19.6. The second-order valence-corrected chi connectivity index (χ2v) is 9.55. The lowest BCUT2D eigenvalue weighted by atomic mass is 9.83. The number of amides is 2. The highest BCUT2D eigenvalue weighted by Crippen LogP contribution is 2.30. The Morgan fingerprint density at radius 2 is 1.77 bits per heavy atom. The Labute approximate surface area is 188 Å². The number of ether oxygens (including phenoxy) is 1. The van der Waals surface area contributed by atoms with Crippen LogP contribution in [0.4, 0.5) is 0 Å². The number of rotatable bonds is 4. The highest BCUT2D eigenvalue weighted by molar-refractivity contribution is 5.96. The predicted octanol–water partition coefficient (Wildman–Crippen LogP) is 5.14. The second kappa shape index (κ2) is 11.5. The Morgan fingerprint density at radius 1 is 1.06 bits per heavy atom. The van der Waals surface area contributed by atoms with E-state index in [-0.39, 0.29) is 17.9 Å². The molecule has 0 saturated heterocycles. The molecule has 0 spiro atoms. The highest BCUT2D eigenvalue weighted by Gasteiger charge is 2.33. The van der Waals surface area contributed by atoms with E-state index in [0.29, 0.717) is 36.3 Å². The van der Waals surface area contributed by atoms with Gasteiger partial charge >= 0.3 is 0 Å². The minimum absolute atomic E-state index is 0.0398. The zero-order valence-corrected chi connectivity index (χ0v) is 19.6. The fourth-order valence-corrected chi connectivity index (χ4v) is 4.66. The molecule has 0 N–H and O–H groups in total. The van der Waals surface area contributed by atoms with Crippen molar-refractivity contribution in [2.45, 2.75) is 78.2 Å². The first-order chi connectivity index (χ1) is 15.0. The Balaban J connectivity index is 1.86. The minimum Gasteiger partial charge on any atom is -0.491 e. The van der Waals surface area contributed by atoms with Gasteiger partial charge in [0, 0.05) is 25.6 Å². The van der Waals surface area contributed by atoms with E-state index in [2.05, 4.69) is 18.7 Å². The fraction of sp³-hybridized carbons (Fsp3) is 0.692. The smallest absolute Gasteiger partial charge is 0.257 e. The van der Waals surface area contributed by atoms with Crippen molar-refractivity contribution in [3.63, 3.8) is 0 Å². The molecule has 1 aromatic carbocycles. The molecule has 0 radical (unpaired) electrons. The summed E-state index contributed by atoms with van der Waals surface area (Å²) in [6, 6.07) is 7.61. The van der Waals surface area contributed by atoms with Crippen molar-refractivity contribution in [2.24, 2.45) is 11.8 Å². The number of hydrogen-bond acceptors (Lipinski definition) is 3. The van der Waals surface area contributed by atoms with Crippen molar-refractivity contribution < 1.29 is 14.3 Å². The average molecular weight is 429 g/mol. The lowest BCUT2D eigenvalue weighted by Crippen LogP contribution is -2.48. The van der Waals surface area contributed by atoms with Crippen molar-refractivity contribution in [3.05, 3.63) is 29.8 Å². The largest absolute Gasteiger partial charge is 0.491 e. The van der Waals surface area contributed by atoms with E-state index in [4.69, 9.17) is 4.74 Å². The molecule has 3 rings (SSSR count). The Kier molecular flexibility index (Phi) is 8.79. The van der Waals surface area contributed by atoms with Gasteiger partial charge < -0.3 is 14.5 Å². The quantitative estimate of drug-likeness (QED) is 0.667. The minimum atomic E-state index is 0.0398. The van der Waals surface area contributed by atoms with Gasteiger partial charge in [0.15, 0.2) is 0 Å². The number of benzene rings is 1. The summed E-state index contributed by atoms with van der Waals surface area (Å²) in [5.41, 5.74) is 0.626. The summed E-state index contributed by atoms with van der Waals surface area (Å²) >= 11 is 0. The zero-order chi connectivity index (χ0) is 22.2. The third kappa shape index (κ3) is 6.24. The van der Waals surface area contributed by atoms with Crippen molar-refractivity contribution in [2.75, 3.05) is 26.2 Å². The molecular formula is C26H40N2O3. The lowest BCUT2D eigenvalue weighted by molar-refractivity contribution is -0.141. The SMILES string of the molecule is CCN1CCCCCCN(C(=O)C2CCC2)[C@@H](CC(C)C)COc2ccccc2C1=O. The molecule has 5 nitrogen and oxygen atoms in total. The molecule has 1 aliphatic carbocycles. The van der Waals surface area contributed by atoms with E-state index in [9.17, 15) is 9.59 Å². The number of fused-ring (bicyclic) bond motifs is 1. The normalized spacial score (nSPS) is 21.8. The van der Waals surface area contributed by atoms with E-state index in [1.165, 1.54) is 6.42 Å². The molecule has 1 aromatic rings. The third-order valence-corrected chi connectivity index (χ3v) is 6.72. The molecule has 5 heteroatoms. The van der Waals surface area contributed by atoms with Gasteiger partial charge in [-0.2, -0.15) is 0 Å². The van der Waals surface area contributed by atoms with Gasteiger partial charge in [-0.3, -0.25) is 9.59 Å². The van der Waals surface area contributed by atoms with Crippen LogP contribution in [-0.2, 0) is 4.79 Å². The lowest BCUT2D eigenvalue weighted by Gasteiger charge is -2.38. The first-order valence-corrected chi connectivity index (χ1v) is 12.3. The summed E-state index contributed by atoms with van der Waals surface area (Å²) in [5.74, 6) is 1.65. The number of para-hydroxylation sites is 1. The molecule has 31 heavy (non-hydrogen) atoms. The maximum atomic E-state index is 13.3. The van der Waals surface area contributed by atoms with E-state index in [1.54, 1.807) is 0 Å². The summed E-state index contributed by atoms with van der Waals surface area (Å²) < 4.78 is 6.28. The van der Waals surface area contributed by atoms with Crippen LogP contribution in [0.25, 0.3) is 0 Å². The Morgan fingerprint density at radius 3 is 2.42 bits per heavy atom. The van der Waals surface area contributed by atoms with Gasteiger partial charge in [-0.25, -0.2) is 0 Å². The molecule has 1 saturated carbocycles. The monoisotopic (exact) mass is 428 g/mol. The summed E-state index contributed by atoms with van der Waals surface area (Å²) in [4.78, 5) is 30.5. The first kappa shape index (κ1) is 23.6. The second-order valence-electron chi connectivity index (χ2n) is 9.55. The third-order valence-electron chi connectivity index (χ3n) is 6.72. The van der Waals surface area contributed by atoms with Crippen LogP contribution >= 0.6 is 0 Å². The first-order valence-electron chi connectivity index (χ1n) is 12.3. The van der Waals surface area contributed by atoms with Gasteiger partial charge in [-0.15, -0.1) is 0 Å². The molecule has 1 fully saturated rings. The van der Waals surface area contributed by atoms with Crippen LogP contribution in [-0.4, -0.2) is 53.9 Å². The fourth-order valence-electron chi connectivity index (χ4n) is 4.66. The van der Waals surface area contributed by atoms with Gasteiger partial charge in [-0.1, -0.05) is 45.2 Å². The molecule has 1 atom stereocenters. The van der Waals surface area contributed by atoms with E-state index >= 15 is 0 Å². The number of nitrogens with zero attached hydrogens (tertiary/aromatic N) is 2. The molecule has 2 aliphatic rings. The van der Waals surface area contributed by atoms with Crippen LogP contribution in [0, 0.1) is 11.8 Å². The van der Waals surface area contributed by atoms with Gasteiger partial charge in [0.25, 0.3) is 5.91 Å². The van der Waals surface area contributed by atoms with Gasteiger partial charge in [0.05, 0.1) is 11.6 Å². The molecule has 2 amide bonds. The average Bonchev–Trinajstić information content (AvgIpc) is 2.71. The van der Waals surface area contributed by atoms with Crippen molar-refractivity contribution >= 4 is 11.8 Å². The van der Waals surface area contributed by atoms with E-state index < -0.39 is 0 Å². The summed E-state index contributed by atoms with van der Waals surface area (Å²) in [6.45, 7) is 9.16. The highest BCUT2D eigenvalue weighted by atomic mass is 16.5. The summed E-state index contributed by atoms with van der Waals surface area (Å²) in [5, 5.41) is 0. The molecule has 172 valence electrons. The standard InChI is InChI=1S/C26H40N2O3/c1-4-27-16-9-5-6-10-17-28(25(29)21-12-11-13-21)22(18-20(2)3)19-31-24-15-8-7-14-23(24)26(27)30/h7-8,14-15,20-22H,4-6,9-13,16-19H2,1-3H3/t22-/m0/s1. The van der Waals surface area contributed by atoms with Gasteiger partial charge in [-0.05, 0) is 57.1 Å². The van der Waals surface area contributed by atoms with Gasteiger partial charge in [0.1, 0.15) is 12.4 Å². The number of hydrogen-bond donors (Lipinski definition) is 0. The van der Waals surface area contributed by atoms with Gasteiger partial charge in [0.2, 0.25) is 5.91 Å². The molecule has 0 bridgehead atoms. The van der Waals surface area contributed by atoms with Crippen molar-refractivity contribution in [3.8, 4) is 5.75 Å². The van der Waals surface area contributed by atoms with Crippen LogP contribution in [0.1, 0.15) is 82.5 Å². The van der Waals surface area contributed by atoms with Crippen molar-refractivity contribution in [1.29, 1.82) is 0 Å².